The summed E-state index contributed by atoms with van der Waals surface area (Å²) in [7, 11) is 1.28. The lowest BCUT2D eigenvalue weighted by atomic mass is 9.91. The summed E-state index contributed by atoms with van der Waals surface area (Å²) in [6.45, 7) is 1.50. The highest BCUT2D eigenvalue weighted by Crippen LogP contribution is 2.42. The average molecular weight is 395 g/mol. The van der Waals surface area contributed by atoms with Crippen molar-refractivity contribution in [2.75, 3.05) is 12.0 Å². The Bertz CT molecular complexity index is 953. The van der Waals surface area contributed by atoms with E-state index in [1.165, 1.54) is 43.2 Å². The second kappa shape index (κ2) is 7.27. The van der Waals surface area contributed by atoms with E-state index in [0.29, 0.717) is 16.7 Å². The van der Waals surface area contributed by atoms with E-state index in [4.69, 9.17) is 4.74 Å². The smallest absolute Gasteiger partial charge is 0.416 e. The first-order valence-corrected chi connectivity index (χ1v) is 8.33. The van der Waals surface area contributed by atoms with Gasteiger partial charge in [-0.3, -0.25) is 0 Å². The molecule has 0 fully saturated rings. The van der Waals surface area contributed by atoms with Crippen molar-refractivity contribution in [2.45, 2.75) is 25.9 Å². The predicted molar refractivity (Wildman–Crippen MR) is 95.1 cm³/mol. The summed E-state index contributed by atoms with van der Waals surface area (Å²) in [6, 6.07) is 8.69. The molecule has 0 spiro atoms. The number of rotatable bonds is 4. The van der Waals surface area contributed by atoms with E-state index < -0.39 is 29.8 Å². The number of aliphatic carboxylic acids is 1. The standard InChI is InChI=1S/C20H17F4NO3/c1-11-15-7-6-13(20(22,23)24)9-16(15)25(18(28-2)17(11)19(26)27)10-12-4-3-5-14(21)8-12/h3-9,18H,10H2,1-2H3,(H,26,27). The number of carbonyl (C=O) groups is 1. The van der Waals surface area contributed by atoms with Crippen LogP contribution >= 0.6 is 0 Å². The van der Waals surface area contributed by atoms with Crippen LogP contribution in [-0.2, 0) is 22.3 Å². The molecule has 1 aliphatic rings. The molecule has 148 valence electrons. The maximum absolute atomic E-state index is 13.6. The van der Waals surface area contributed by atoms with Gasteiger partial charge in [-0.2, -0.15) is 13.2 Å². The molecule has 0 amide bonds. The van der Waals surface area contributed by atoms with Gasteiger partial charge in [0, 0.05) is 24.9 Å². The number of anilines is 1. The Hall–Kier alpha value is -2.87. The third-order valence-corrected chi connectivity index (χ3v) is 4.67. The molecule has 2 aromatic rings. The fraction of sp³-hybridized carbons (Fsp3) is 0.250. The molecule has 1 N–H and O–H groups in total. The first-order valence-electron chi connectivity index (χ1n) is 8.33. The lowest BCUT2D eigenvalue weighted by Gasteiger charge is -2.39. The molecule has 8 heteroatoms. The Labute approximate surface area is 158 Å². The molecule has 0 aliphatic carbocycles. The van der Waals surface area contributed by atoms with Gasteiger partial charge in [0.1, 0.15) is 5.82 Å². The molecule has 3 rings (SSSR count). The van der Waals surface area contributed by atoms with E-state index in [9.17, 15) is 27.5 Å². The second-order valence-corrected chi connectivity index (χ2v) is 6.42. The van der Waals surface area contributed by atoms with Crippen LogP contribution < -0.4 is 4.90 Å². The zero-order valence-electron chi connectivity index (χ0n) is 15.0. The SMILES string of the molecule is COC1C(C(=O)O)=C(C)c2ccc(C(F)(F)F)cc2N1Cc1cccc(F)c1. The highest BCUT2D eigenvalue weighted by Gasteiger charge is 2.38. The number of carboxylic acid groups (broad SMARTS) is 1. The minimum Gasteiger partial charge on any atom is -0.478 e. The second-order valence-electron chi connectivity index (χ2n) is 6.42. The molecular weight excluding hydrogens is 378 g/mol. The Morgan fingerprint density at radius 2 is 1.93 bits per heavy atom. The van der Waals surface area contributed by atoms with Crippen molar-refractivity contribution in [3.8, 4) is 0 Å². The molecule has 0 aromatic heterocycles. The molecule has 1 atom stereocenters. The lowest BCUT2D eigenvalue weighted by molar-refractivity contribution is -0.137. The molecule has 2 aromatic carbocycles. The van der Waals surface area contributed by atoms with Crippen LogP contribution in [0.1, 0.15) is 23.6 Å². The summed E-state index contributed by atoms with van der Waals surface area (Å²) in [5.41, 5.74) is 0.375. The third kappa shape index (κ3) is 3.60. The summed E-state index contributed by atoms with van der Waals surface area (Å²) in [5.74, 6) is -1.74. The summed E-state index contributed by atoms with van der Waals surface area (Å²) in [4.78, 5) is 13.2. The van der Waals surface area contributed by atoms with E-state index in [1.807, 2.05) is 0 Å². The molecule has 0 saturated carbocycles. The minimum atomic E-state index is -4.56. The average Bonchev–Trinajstić information content (AvgIpc) is 2.62. The van der Waals surface area contributed by atoms with Crippen molar-refractivity contribution in [2.24, 2.45) is 0 Å². The zero-order chi connectivity index (χ0) is 20.6. The molecule has 28 heavy (non-hydrogen) atoms. The highest BCUT2D eigenvalue weighted by molar-refractivity contribution is 6.01. The molecule has 4 nitrogen and oxygen atoms in total. The van der Waals surface area contributed by atoms with Crippen molar-refractivity contribution >= 4 is 17.2 Å². The fourth-order valence-corrected chi connectivity index (χ4v) is 3.39. The molecule has 0 radical (unpaired) electrons. The van der Waals surface area contributed by atoms with Gasteiger partial charge in [0.25, 0.3) is 0 Å². The van der Waals surface area contributed by atoms with Gasteiger partial charge in [0.05, 0.1) is 11.1 Å². The number of benzene rings is 2. The number of hydrogen-bond donors (Lipinski definition) is 1. The largest absolute Gasteiger partial charge is 0.478 e. The fourth-order valence-electron chi connectivity index (χ4n) is 3.39. The van der Waals surface area contributed by atoms with Crippen molar-refractivity contribution < 1.29 is 32.2 Å². The molecule has 0 saturated heterocycles. The predicted octanol–water partition coefficient (Wildman–Crippen LogP) is 4.70. The van der Waals surface area contributed by atoms with Crippen molar-refractivity contribution in [3.63, 3.8) is 0 Å². The van der Waals surface area contributed by atoms with E-state index >= 15 is 0 Å². The van der Waals surface area contributed by atoms with Gasteiger partial charge in [-0.05, 0) is 42.3 Å². The lowest BCUT2D eigenvalue weighted by Crippen LogP contribution is -2.43. The number of allylic oxidation sites excluding steroid dienone is 1. The van der Waals surface area contributed by atoms with Gasteiger partial charge < -0.3 is 14.7 Å². The molecule has 0 bridgehead atoms. The van der Waals surface area contributed by atoms with Crippen molar-refractivity contribution in [1.82, 2.24) is 0 Å². The number of hydrogen-bond acceptors (Lipinski definition) is 3. The van der Waals surface area contributed by atoms with Crippen LogP contribution in [0.15, 0.2) is 48.0 Å². The summed E-state index contributed by atoms with van der Waals surface area (Å²) in [5, 5.41) is 9.64. The van der Waals surface area contributed by atoms with E-state index in [2.05, 4.69) is 0 Å². The first-order chi connectivity index (χ1) is 13.1. The van der Waals surface area contributed by atoms with Crippen molar-refractivity contribution in [3.05, 3.63) is 70.5 Å². The molecule has 1 heterocycles. The Morgan fingerprint density at radius 1 is 1.21 bits per heavy atom. The number of alkyl halides is 3. The van der Waals surface area contributed by atoms with Crippen molar-refractivity contribution in [1.29, 1.82) is 0 Å². The van der Waals surface area contributed by atoms with Crippen LogP contribution in [0.3, 0.4) is 0 Å². The maximum atomic E-state index is 13.6. The van der Waals surface area contributed by atoms with Crippen LogP contribution in [0.4, 0.5) is 23.2 Å². The summed E-state index contributed by atoms with van der Waals surface area (Å²) >= 11 is 0. The summed E-state index contributed by atoms with van der Waals surface area (Å²) in [6.07, 6.45) is -5.69. The van der Waals surface area contributed by atoms with E-state index in [1.54, 1.807) is 6.07 Å². The molecular formula is C20H17F4NO3. The number of halogens is 4. The van der Waals surface area contributed by atoms with Crippen LogP contribution in [0, 0.1) is 5.82 Å². The van der Waals surface area contributed by atoms with Crippen LogP contribution in [-0.4, -0.2) is 24.4 Å². The van der Waals surface area contributed by atoms with E-state index in [0.717, 1.165) is 12.1 Å². The Morgan fingerprint density at radius 3 is 2.50 bits per heavy atom. The normalized spacial score (nSPS) is 16.9. The number of ether oxygens (including phenoxy) is 1. The van der Waals surface area contributed by atoms with Crippen LogP contribution in [0.25, 0.3) is 5.57 Å². The third-order valence-electron chi connectivity index (χ3n) is 4.67. The quantitative estimate of drug-likeness (QED) is 0.763. The number of methoxy groups -OCH3 is 1. The molecule has 1 aliphatic heterocycles. The topological polar surface area (TPSA) is 49.8 Å². The van der Waals surface area contributed by atoms with Gasteiger partial charge in [-0.15, -0.1) is 0 Å². The van der Waals surface area contributed by atoms with Gasteiger partial charge in [-0.25, -0.2) is 9.18 Å². The van der Waals surface area contributed by atoms with Crippen LogP contribution in [0.5, 0.6) is 0 Å². The minimum absolute atomic E-state index is 0.0331. The zero-order valence-corrected chi connectivity index (χ0v) is 15.0. The van der Waals surface area contributed by atoms with Gasteiger partial charge in [0.2, 0.25) is 0 Å². The van der Waals surface area contributed by atoms with E-state index in [-0.39, 0.29) is 17.8 Å². The number of nitrogens with zero attached hydrogens (tertiary/aromatic N) is 1. The Kier molecular flexibility index (Phi) is 5.16. The summed E-state index contributed by atoms with van der Waals surface area (Å²) < 4.78 is 58.6. The van der Waals surface area contributed by atoms with Gasteiger partial charge in [0.15, 0.2) is 6.23 Å². The monoisotopic (exact) mass is 395 g/mol. The van der Waals surface area contributed by atoms with Gasteiger partial charge >= 0.3 is 12.1 Å². The number of carboxylic acids is 1. The number of fused-ring (bicyclic) bond motifs is 1. The maximum Gasteiger partial charge on any atom is 0.416 e. The van der Waals surface area contributed by atoms with Gasteiger partial charge in [-0.1, -0.05) is 18.2 Å². The molecule has 1 unspecified atom stereocenters. The Balaban J connectivity index is 2.20. The highest BCUT2D eigenvalue weighted by atomic mass is 19.4. The first kappa shape index (κ1) is 19.9. The van der Waals surface area contributed by atoms with Crippen LogP contribution in [0.2, 0.25) is 0 Å².